The summed E-state index contributed by atoms with van der Waals surface area (Å²) < 4.78 is 27.8. The summed E-state index contributed by atoms with van der Waals surface area (Å²) in [5.41, 5.74) is 3.74. The minimum absolute atomic E-state index is 0.288. The number of aromatic nitrogens is 1. The fourth-order valence-corrected chi connectivity index (χ4v) is 4.62. The molecule has 2 N–H and O–H groups in total. The average Bonchev–Trinajstić information content (AvgIpc) is 2.63. The second kappa shape index (κ2) is 8.57. The Kier molecular flexibility index (Phi) is 6.16. The van der Waals surface area contributed by atoms with Crippen molar-refractivity contribution in [2.75, 3.05) is 16.6 Å². The Labute approximate surface area is 162 Å². The number of nitrogens with zero attached hydrogens (tertiary/aromatic N) is 1. The van der Waals surface area contributed by atoms with Crippen LogP contribution >= 0.6 is 0 Å². The smallest absolute Gasteiger partial charge is 0.262 e. The highest BCUT2D eigenvalue weighted by molar-refractivity contribution is 7.92. The molecule has 0 saturated heterocycles. The van der Waals surface area contributed by atoms with Gasteiger partial charge in [0.15, 0.2) is 0 Å². The van der Waals surface area contributed by atoms with E-state index in [9.17, 15) is 8.42 Å². The minimum atomic E-state index is -3.62. The van der Waals surface area contributed by atoms with E-state index in [0.717, 1.165) is 29.9 Å². The highest BCUT2D eigenvalue weighted by Gasteiger charge is 2.17. The summed E-state index contributed by atoms with van der Waals surface area (Å²) in [4.78, 5) is 4.61. The molecule has 0 atom stereocenters. The zero-order valence-corrected chi connectivity index (χ0v) is 16.8. The third kappa shape index (κ3) is 5.32. The van der Waals surface area contributed by atoms with Crippen LogP contribution in [0.3, 0.4) is 0 Å². The molecule has 6 heteroatoms. The summed E-state index contributed by atoms with van der Waals surface area (Å²) in [5, 5.41) is 3.30. The predicted octanol–water partition coefficient (Wildman–Crippen LogP) is 4.80. The van der Waals surface area contributed by atoms with Gasteiger partial charge in [-0.1, -0.05) is 29.3 Å². The van der Waals surface area contributed by atoms with Gasteiger partial charge in [0.2, 0.25) is 0 Å². The summed E-state index contributed by atoms with van der Waals surface area (Å²) in [6, 6.07) is 8.83. The van der Waals surface area contributed by atoms with Crippen molar-refractivity contribution in [2.45, 2.75) is 50.8 Å². The van der Waals surface area contributed by atoms with E-state index in [1.54, 1.807) is 37.4 Å². The number of hydrogen-bond donors (Lipinski definition) is 2. The Bertz CT molecular complexity index is 919. The lowest BCUT2D eigenvalue weighted by Crippen LogP contribution is -2.14. The standard InChI is InChI=1S/C21H27N3O2S/c1-16-8-10-20(17(2)14-16)27(25,26)24-19-9-11-21(23-15-19)22-13-12-18-6-4-3-5-7-18/h6,8-11,14-15,24H,3-5,7,12-13H2,1-2H3,(H,22,23). The van der Waals surface area contributed by atoms with E-state index >= 15 is 0 Å². The van der Waals surface area contributed by atoms with Gasteiger partial charge >= 0.3 is 0 Å². The topological polar surface area (TPSA) is 71.1 Å². The van der Waals surface area contributed by atoms with Gasteiger partial charge in [-0.05, 0) is 69.7 Å². The number of anilines is 2. The molecule has 0 spiro atoms. The number of aryl methyl sites for hydroxylation is 2. The van der Waals surface area contributed by atoms with E-state index < -0.39 is 10.0 Å². The SMILES string of the molecule is Cc1ccc(S(=O)(=O)Nc2ccc(NCCC3=CCCCC3)nc2)c(C)c1. The zero-order chi connectivity index (χ0) is 19.3. The lowest BCUT2D eigenvalue weighted by atomic mass is 9.97. The molecule has 1 aliphatic rings. The minimum Gasteiger partial charge on any atom is -0.370 e. The van der Waals surface area contributed by atoms with Gasteiger partial charge in [-0.25, -0.2) is 13.4 Å². The zero-order valence-electron chi connectivity index (χ0n) is 16.0. The highest BCUT2D eigenvalue weighted by atomic mass is 32.2. The van der Waals surface area contributed by atoms with Crippen LogP contribution < -0.4 is 10.0 Å². The van der Waals surface area contributed by atoms with Crippen molar-refractivity contribution in [1.82, 2.24) is 4.98 Å². The Balaban J connectivity index is 1.59. The first kappa shape index (κ1) is 19.4. The van der Waals surface area contributed by atoms with Crippen LogP contribution in [0.2, 0.25) is 0 Å². The molecular formula is C21H27N3O2S. The summed E-state index contributed by atoms with van der Waals surface area (Å²) in [6.07, 6.45) is 9.92. The van der Waals surface area contributed by atoms with Gasteiger partial charge in [-0.15, -0.1) is 0 Å². The fraction of sp³-hybridized carbons (Fsp3) is 0.381. The van der Waals surface area contributed by atoms with Crippen LogP contribution in [0.5, 0.6) is 0 Å². The second-order valence-electron chi connectivity index (χ2n) is 7.09. The Morgan fingerprint density at radius 1 is 1.11 bits per heavy atom. The molecule has 1 aromatic heterocycles. The lowest BCUT2D eigenvalue weighted by molar-refractivity contribution is 0.600. The fourth-order valence-electron chi connectivity index (χ4n) is 3.35. The molecular weight excluding hydrogens is 358 g/mol. The van der Waals surface area contributed by atoms with Crippen LogP contribution in [0.1, 0.15) is 43.2 Å². The predicted molar refractivity (Wildman–Crippen MR) is 111 cm³/mol. The molecule has 0 fully saturated rings. The summed E-state index contributed by atoms with van der Waals surface area (Å²) in [6.45, 7) is 4.58. The van der Waals surface area contributed by atoms with Crippen LogP contribution in [-0.4, -0.2) is 19.9 Å². The molecule has 0 bridgehead atoms. The van der Waals surface area contributed by atoms with Crippen LogP contribution in [0, 0.1) is 13.8 Å². The monoisotopic (exact) mass is 385 g/mol. The molecule has 2 aromatic rings. The van der Waals surface area contributed by atoms with Crippen molar-refractivity contribution in [3.05, 3.63) is 59.3 Å². The van der Waals surface area contributed by atoms with E-state index in [1.165, 1.54) is 31.3 Å². The van der Waals surface area contributed by atoms with Crippen molar-refractivity contribution < 1.29 is 8.42 Å². The molecule has 3 rings (SSSR count). The lowest BCUT2D eigenvalue weighted by Gasteiger charge is -2.13. The maximum Gasteiger partial charge on any atom is 0.262 e. The molecule has 1 heterocycles. The molecule has 5 nitrogen and oxygen atoms in total. The molecule has 0 radical (unpaired) electrons. The Morgan fingerprint density at radius 2 is 1.96 bits per heavy atom. The molecule has 1 aliphatic carbocycles. The van der Waals surface area contributed by atoms with Gasteiger partial charge in [-0.3, -0.25) is 4.72 Å². The normalized spacial score (nSPS) is 14.5. The number of sulfonamides is 1. The van der Waals surface area contributed by atoms with E-state index in [1.807, 2.05) is 13.0 Å². The summed E-state index contributed by atoms with van der Waals surface area (Å²) >= 11 is 0. The van der Waals surface area contributed by atoms with Crippen molar-refractivity contribution in [1.29, 1.82) is 0 Å². The van der Waals surface area contributed by atoms with Crippen molar-refractivity contribution >= 4 is 21.5 Å². The molecule has 27 heavy (non-hydrogen) atoms. The molecule has 144 valence electrons. The molecule has 1 aromatic carbocycles. The van der Waals surface area contributed by atoms with Gasteiger partial charge in [-0.2, -0.15) is 0 Å². The second-order valence-corrected chi connectivity index (χ2v) is 8.74. The number of rotatable bonds is 7. The molecule has 0 unspecified atom stereocenters. The average molecular weight is 386 g/mol. The van der Waals surface area contributed by atoms with E-state index in [2.05, 4.69) is 21.1 Å². The van der Waals surface area contributed by atoms with E-state index in [0.29, 0.717) is 5.69 Å². The number of allylic oxidation sites excluding steroid dienone is 1. The Hall–Kier alpha value is -2.34. The molecule has 0 saturated carbocycles. The third-order valence-corrected chi connectivity index (χ3v) is 6.31. The van der Waals surface area contributed by atoms with Crippen molar-refractivity contribution in [2.24, 2.45) is 0 Å². The van der Waals surface area contributed by atoms with Crippen molar-refractivity contribution in [3.63, 3.8) is 0 Å². The maximum absolute atomic E-state index is 12.6. The van der Waals surface area contributed by atoms with Gasteiger partial charge in [0.05, 0.1) is 16.8 Å². The van der Waals surface area contributed by atoms with Gasteiger partial charge < -0.3 is 5.32 Å². The van der Waals surface area contributed by atoms with E-state index in [-0.39, 0.29) is 4.90 Å². The summed E-state index contributed by atoms with van der Waals surface area (Å²) in [7, 11) is -3.62. The van der Waals surface area contributed by atoms with Gasteiger partial charge in [0.1, 0.15) is 5.82 Å². The third-order valence-electron chi connectivity index (χ3n) is 4.77. The van der Waals surface area contributed by atoms with Crippen LogP contribution in [-0.2, 0) is 10.0 Å². The highest BCUT2D eigenvalue weighted by Crippen LogP contribution is 2.22. The van der Waals surface area contributed by atoms with Crippen molar-refractivity contribution in [3.8, 4) is 0 Å². The number of nitrogens with one attached hydrogen (secondary N) is 2. The first-order chi connectivity index (χ1) is 12.9. The maximum atomic E-state index is 12.6. The summed E-state index contributed by atoms with van der Waals surface area (Å²) in [5.74, 6) is 0.751. The Morgan fingerprint density at radius 3 is 2.63 bits per heavy atom. The molecule has 0 amide bonds. The van der Waals surface area contributed by atoms with Crippen LogP contribution in [0.25, 0.3) is 0 Å². The van der Waals surface area contributed by atoms with Gasteiger partial charge in [0.25, 0.3) is 10.0 Å². The van der Waals surface area contributed by atoms with E-state index in [4.69, 9.17) is 0 Å². The number of hydrogen-bond acceptors (Lipinski definition) is 4. The first-order valence-corrected chi connectivity index (χ1v) is 10.9. The van der Waals surface area contributed by atoms with Crippen LogP contribution in [0.4, 0.5) is 11.5 Å². The number of pyridine rings is 1. The molecule has 0 aliphatic heterocycles. The quantitative estimate of drug-likeness (QED) is 0.672. The van der Waals surface area contributed by atoms with Crippen LogP contribution in [0.15, 0.2) is 53.1 Å². The van der Waals surface area contributed by atoms with Gasteiger partial charge in [0, 0.05) is 6.54 Å². The number of benzene rings is 1. The first-order valence-electron chi connectivity index (χ1n) is 9.42. The largest absolute Gasteiger partial charge is 0.370 e.